The second-order valence-corrected chi connectivity index (χ2v) is 6.46. The number of fused-ring (bicyclic) bond motifs is 1. The van der Waals surface area contributed by atoms with Crippen molar-refractivity contribution in [1.29, 1.82) is 0 Å². The molecule has 9 nitrogen and oxygen atoms in total. The Morgan fingerprint density at radius 3 is 2.55 bits per heavy atom. The fourth-order valence-corrected chi connectivity index (χ4v) is 2.99. The van der Waals surface area contributed by atoms with Crippen molar-refractivity contribution in [3.8, 4) is 11.4 Å². The smallest absolute Gasteiger partial charge is 0.279 e. The number of nitrogens with one attached hydrogen (secondary N) is 2. The predicted octanol–water partition coefficient (Wildman–Crippen LogP) is 1.38. The Morgan fingerprint density at radius 1 is 1.03 bits per heavy atom. The van der Waals surface area contributed by atoms with Crippen LogP contribution in [-0.2, 0) is 0 Å². The molecule has 0 bridgehead atoms. The molecule has 0 saturated carbocycles. The molecule has 144 valence electrons. The van der Waals surface area contributed by atoms with Crippen LogP contribution in [0.2, 0.25) is 0 Å². The van der Waals surface area contributed by atoms with Gasteiger partial charge in [-0.05, 0) is 42.8 Å². The zero-order valence-corrected chi connectivity index (χ0v) is 15.1. The van der Waals surface area contributed by atoms with Crippen LogP contribution in [0.15, 0.2) is 53.3 Å². The number of aromatic nitrogens is 2. The first-order valence-electron chi connectivity index (χ1n) is 8.55. The number of aromatic hydroxyl groups is 1. The van der Waals surface area contributed by atoms with Crippen molar-refractivity contribution in [2.24, 2.45) is 0 Å². The number of rotatable bonds is 3. The number of benzene rings is 2. The highest BCUT2D eigenvalue weighted by atomic mass is 16.3. The lowest BCUT2D eigenvalue weighted by molar-refractivity contribution is 0.0878. The number of carbonyl (C=O) groups is 3. The summed E-state index contributed by atoms with van der Waals surface area (Å²) >= 11 is 0. The zero-order chi connectivity index (χ0) is 20.7. The van der Waals surface area contributed by atoms with Crippen LogP contribution in [0.3, 0.4) is 0 Å². The Morgan fingerprint density at radius 2 is 1.79 bits per heavy atom. The van der Waals surface area contributed by atoms with E-state index in [1.807, 2.05) is 13.0 Å². The van der Waals surface area contributed by atoms with Gasteiger partial charge in [-0.1, -0.05) is 12.1 Å². The summed E-state index contributed by atoms with van der Waals surface area (Å²) in [7, 11) is 0. The Balaban J connectivity index is 1.69. The first kappa shape index (κ1) is 18.1. The van der Waals surface area contributed by atoms with Crippen LogP contribution in [0.5, 0.6) is 5.75 Å². The maximum atomic E-state index is 12.6. The molecule has 3 aromatic rings. The Kier molecular flexibility index (Phi) is 4.19. The van der Waals surface area contributed by atoms with Crippen molar-refractivity contribution in [2.45, 2.75) is 6.92 Å². The molecule has 9 heteroatoms. The molecule has 29 heavy (non-hydrogen) atoms. The van der Waals surface area contributed by atoms with Gasteiger partial charge in [0.25, 0.3) is 23.3 Å². The van der Waals surface area contributed by atoms with Crippen LogP contribution in [0.25, 0.3) is 5.69 Å². The second kappa shape index (κ2) is 6.71. The van der Waals surface area contributed by atoms with E-state index in [-0.39, 0.29) is 22.5 Å². The Bertz CT molecular complexity index is 1260. The molecule has 1 aromatic heterocycles. The average molecular weight is 390 g/mol. The third-order valence-electron chi connectivity index (χ3n) is 4.37. The van der Waals surface area contributed by atoms with E-state index in [1.165, 1.54) is 18.2 Å². The molecule has 4 rings (SSSR count). The summed E-state index contributed by atoms with van der Waals surface area (Å²) in [6.07, 6.45) is 0. The van der Waals surface area contributed by atoms with Crippen LogP contribution in [0, 0.1) is 6.92 Å². The number of amides is 3. The minimum Gasteiger partial charge on any atom is -0.505 e. The number of anilines is 1. The summed E-state index contributed by atoms with van der Waals surface area (Å²) in [6, 6.07) is 12.0. The average Bonchev–Trinajstić information content (AvgIpc) is 2.95. The van der Waals surface area contributed by atoms with Crippen molar-refractivity contribution in [1.82, 2.24) is 15.1 Å². The maximum Gasteiger partial charge on any atom is 0.279 e. The summed E-state index contributed by atoms with van der Waals surface area (Å²) in [5.41, 5.74) is 0.937. The van der Waals surface area contributed by atoms with E-state index in [0.717, 1.165) is 16.3 Å². The first-order chi connectivity index (χ1) is 13.8. The van der Waals surface area contributed by atoms with E-state index >= 15 is 0 Å². The van der Waals surface area contributed by atoms with Crippen molar-refractivity contribution < 1.29 is 19.5 Å². The minimum atomic E-state index is -0.784. The fourth-order valence-electron chi connectivity index (χ4n) is 2.99. The van der Waals surface area contributed by atoms with Crippen LogP contribution in [0.4, 0.5) is 5.69 Å². The molecule has 0 unspecified atom stereocenters. The van der Waals surface area contributed by atoms with Crippen LogP contribution in [-0.4, -0.2) is 32.6 Å². The van der Waals surface area contributed by atoms with Gasteiger partial charge in [0.1, 0.15) is 0 Å². The minimum absolute atomic E-state index is 0.134. The van der Waals surface area contributed by atoms with Gasteiger partial charge in [0.05, 0.1) is 16.8 Å². The highest BCUT2D eigenvalue weighted by Crippen LogP contribution is 2.22. The Hall–Kier alpha value is -4.27. The van der Waals surface area contributed by atoms with Gasteiger partial charge in [0.2, 0.25) is 0 Å². The molecule has 1 aliphatic rings. The molecule has 3 N–H and O–H groups in total. The lowest BCUT2D eigenvalue weighted by atomic mass is 10.1. The highest BCUT2D eigenvalue weighted by molar-refractivity contribution is 6.22. The van der Waals surface area contributed by atoms with Crippen LogP contribution in [0.1, 0.15) is 36.8 Å². The number of carbonyl (C=O) groups excluding carboxylic acids is 3. The highest BCUT2D eigenvalue weighted by Gasteiger charge is 2.27. The van der Waals surface area contributed by atoms with E-state index in [9.17, 15) is 24.3 Å². The molecule has 2 heterocycles. The largest absolute Gasteiger partial charge is 0.505 e. The van der Waals surface area contributed by atoms with Gasteiger partial charge in [-0.2, -0.15) is 9.78 Å². The molecule has 0 atom stereocenters. The molecule has 0 radical (unpaired) electrons. The number of aryl methyl sites for hydroxylation is 1. The fraction of sp³-hybridized carbons (Fsp3) is 0.0500. The number of hydrogen-bond acceptors (Lipinski definition) is 6. The normalized spacial score (nSPS) is 12.4. The topological polar surface area (TPSA) is 130 Å². The van der Waals surface area contributed by atoms with Crippen LogP contribution >= 0.6 is 0 Å². The number of imide groups is 1. The van der Waals surface area contributed by atoms with Crippen molar-refractivity contribution in [3.63, 3.8) is 0 Å². The second-order valence-electron chi connectivity index (χ2n) is 6.46. The van der Waals surface area contributed by atoms with Gasteiger partial charge < -0.3 is 10.4 Å². The molecule has 1 aliphatic heterocycles. The van der Waals surface area contributed by atoms with Gasteiger partial charge in [-0.25, -0.2) is 0 Å². The van der Waals surface area contributed by atoms with Crippen molar-refractivity contribution >= 4 is 23.4 Å². The zero-order valence-electron chi connectivity index (χ0n) is 15.1. The summed E-state index contributed by atoms with van der Waals surface area (Å²) in [5, 5.41) is 18.7. The van der Waals surface area contributed by atoms with E-state index in [0.29, 0.717) is 5.69 Å². The summed E-state index contributed by atoms with van der Waals surface area (Å²) in [6.45, 7) is 1.84. The van der Waals surface area contributed by atoms with Crippen LogP contribution < -0.4 is 16.2 Å². The predicted molar refractivity (Wildman–Crippen MR) is 102 cm³/mol. The van der Waals surface area contributed by atoms with E-state index in [1.54, 1.807) is 18.2 Å². The quantitative estimate of drug-likeness (QED) is 0.579. The molecule has 3 amide bonds. The molecule has 0 aliphatic carbocycles. The molecular formula is C20H14N4O5. The van der Waals surface area contributed by atoms with E-state index in [4.69, 9.17) is 0 Å². The summed E-state index contributed by atoms with van der Waals surface area (Å²) in [5.74, 6) is -2.43. The van der Waals surface area contributed by atoms with E-state index in [2.05, 4.69) is 15.7 Å². The molecular weight excluding hydrogens is 376 g/mol. The molecule has 0 saturated heterocycles. The third-order valence-corrected chi connectivity index (χ3v) is 4.37. The standard InChI is InChI=1S/C20H14N4O5/c1-10-3-2-4-12(7-10)24-16(26)9-15(25)17(23-24)20(29)21-11-5-6-13-14(8-11)19(28)22-18(13)27/h2-9,25H,1H3,(H,21,29)(H,22,27,28). The van der Waals surface area contributed by atoms with Gasteiger partial charge in [-0.3, -0.25) is 24.5 Å². The number of hydrogen-bond donors (Lipinski definition) is 3. The lowest BCUT2D eigenvalue weighted by Crippen LogP contribution is -2.25. The summed E-state index contributed by atoms with van der Waals surface area (Å²) < 4.78 is 1.01. The third kappa shape index (κ3) is 3.25. The summed E-state index contributed by atoms with van der Waals surface area (Å²) in [4.78, 5) is 48.2. The van der Waals surface area contributed by atoms with Gasteiger partial charge in [0.15, 0.2) is 11.4 Å². The van der Waals surface area contributed by atoms with Gasteiger partial charge >= 0.3 is 0 Å². The van der Waals surface area contributed by atoms with Gasteiger partial charge in [0, 0.05) is 11.8 Å². The van der Waals surface area contributed by atoms with Crippen molar-refractivity contribution in [2.75, 3.05) is 5.32 Å². The van der Waals surface area contributed by atoms with Crippen molar-refractivity contribution in [3.05, 3.63) is 81.3 Å². The number of nitrogens with zero attached hydrogens (tertiary/aromatic N) is 2. The Labute approximate surface area is 163 Å². The molecule has 0 fully saturated rings. The monoisotopic (exact) mass is 390 g/mol. The first-order valence-corrected chi connectivity index (χ1v) is 8.55. The van der Waals surface area contributed by atoms with Gasteiger partial charge in [-0.15, -0.1) is 0 Å². The SMILES string of the molecule is Cc1cccc(-n2nc(C(=O)Nc3ccc4c(c3)C(=O)NC4=O)c(O)cc2=O)c1. The van der Waals surface area contributed by atoms with E-state index < -0.39 is 29.0 Å². The molecule has 2 aromatic carbocycles. The lowest BCUT2D eigenvalue weighted by Gasteiger charge is -2.10. The molecule has 0 spiro atoms. The maximum absolute atomic E-state index is 12.6.